The molecule has 0 saturated carbocycles. The highest BCUT2D eigenvalue weighted by Crippen LogP contribution is 2.35. The van der Waals surface area contributed by atoms with Crippen molar-refractivity contribution >= 4 is 21.8 Å². The molecule has 1 fully saturated rings. The summed E-state index contributed by atoms with van der Waals surface area (Å²) in [5, 5.41) is 9.46. The van der Waals surface area contributed by atoms with Crippen LogP contribution in [0.3, 0.4) is 0 Å². The van der Waals surface area contributed by atoms with Crippen LogP contribution in [0.1, 0.15) is 43.7 Å². The van der Waals surface area contributed by atoms with Gasteiger partial charge in [0.05, 0.1) is 19.6 Å². The molecule has 6 heteroatoms. The molecular formula is C23H28BrNO4. The van der Waals surface area contributed by atoms with Crippen LogP contribution in [-0.2, 0) is 11.2 Å². The van der Waals surface area contributed by atoms with E-state index in [0.717, 1.165) is 36.0 Å². The Bertz CT molecular complexity index is 830. The third-order valence-corrected chi connectivity index (χ3v) is 6.00. The number of carbonyl (C=O) groups excluding carboxylic acids is 1. The summed E-state index contributed by atoms with van der Waals surface area (Å²) in [5.41, 5.74) is 2.13. The third-order valence-electron chi connectivity index (χ3n) is 5.27. The highest BCUT2D eigenvalue weighted by molar-refractivity contribution is 9.10. The summed E-state index contributed by atoms with van der Waals surface area (Å²) in [5.74, 6) is 2.20. The van der Waals surface area contributed by atoms with Crippen molar-refractivity contribution < 1.29 is 19.4 Å². The van der Waals surface area contributed by atoms with Gasteiger partial charge in [-0.3, -0.25) is 4.79 Å². The van der Waals surface area contributed by atoms with E-state index in [4.69, 9.17) is 9.47 Å². The largest absolute Gasteiger partial charge is 0.508 e. The Morgan fingerprint density at radius 2 is 1.66 bits per heavy atom. The number of phenols is 1. The Labute approximate surface area is 180 Å². The number of phenolic OH excluding ortho intramolecular Hbond substituents is 1. The molecule has 1 amide bonds. The fourth-order valence-corrected chi connectivity index (χ4v) is 4.20. The van der Waals surface area contributed by atoms with E-state index in [1.807, 2.05) is 43.0 Å². The Kier molecular flexibility index (Phi) is 7.42. The number of amides is 1. The van der Waals surface area contributed by atoms with E-state index in [1.165, 1.54) is 5.56 Å². The number of piperidine rings is 1. The van der Waals surface area contributed by atoms with E-state index in [0.29, 0.717) is 37.1 Å². The average molecular weight is 462 g/mol. The van der Waals surface area contributed by atoms with E-state index in [1.54, 1.807) is 12.1 Å². The quantitative estimate of drug-likeness (QED) is 0.636. The van der Waals surface area contributed by atoms with E-state index >= 15 is 0 Å². The number of likely N-dealkylation sites (tertiary alicyclic amines) is 1. The van der Waals surface area contributed by atoms with Crippen molar-refractivity contribution in [3.8, 4) is 17.2 Å². The molecule has 2 aromatic rings. The molecule has 1 aliphatic heterocycles. The Morgan fingerprint density at radius 1 is 1.07 bits per heavy atom. The fraction of sp³-hybridized carbons (Fsp3) is 0.435. The minimum Gasteiger partial charge on any atom is -0.508 e. The van der Waals surface area contributed by atoms with Crippen molar-refractivity contribution in [3.05, 3.63) is 52.0 Å². The summed E-state index contributed by atoms with van der Waals surface area (Å²) < 4.78 is 12.2. The molecule has 0 atom stereocenters. The summed E-state index contributed by atoms with van der Waals surface area (Å²) in [6.45, 7) is 6.46. The number of hydrogen-bond acceptors (Lipinski definition) is 4. The number of ether oxygens (including phenoxy) is 2. The number of carbonyl (C=O) groups is 1. The molecule has 3 rings (SSSR count). The maximum absolute atomic E-state index is 12.9. The predicted octanol–water partition coefficient (Wildman–Crippen LogP) is 4.90. The number of halogens is 1. The summed E-state index contributed by atoms with van der Waals surface area (Å²) in [4.78, 5) is 14.8. The molecule has 1 aliphatic rings. The molecular weight excluding hydrogens is 434 g/mol. The summed E-state index contributed by atoms with van der Waals surface area (Å²) in [6, 6.07) is 11.2. The van der Waals surface area contributed by atoms with Gasteiger partial charge in [-0.25, -0.2) is 0 Å². The Balaban J connectivity index is 1.63. The Morgan fingerprint density at radius 3 is 2.24 bits per heavy atom. The molecule has 0 aliphatic carbocycles. The smallest absolute Gasteiger partial charge is 0.227 e. The molecule has 0 unspecified atom stereocenters. The van der Waals surface area contributed by atoms with E-state index in [9.17, 15) is 9.90 Å². The van der Waals surface area contributed by atoms with E-state index < -0.39 is 0 Å². The molecule has 0 radical (unpaired) electrons. The van der Waals surface area contributed by atoms with E-state index in [2.05, 4.69) is 15.9 Å². The fourth-order valence-electron chi connectivity index (χ4n) is 3.73. The van der Waals surface area contributed by atoms with Gasteiger partial charge in [-0.2, -0.15) is 0 Å². The highest BCUT2D eigenvalue weighted by Gasteiger charge is 2.24. The summed E-state index contributed by atoms with van der Waals surface area (Å²) in [6.07, 6.45) is 2.20. The highest BCUT2D eigenvalue weighted by atomic mass is 79.9. The number of hydrogen-bond donors (Lipinski definition) is 1. The molecule has 1 saturated heterocycles. The first-order chi connectivity index (χ1) is 14.0. The summed E-state index contributed by atoms with van der Waals surface area (Å²) >= 11 is 3.57. The Hall–Kier alpha value is -2.21. The zero-order chi connectivity index (χ0) is 20.8. The standard InChI is InChI=1S/C23H28BrNO4/c1-3-28-21-13-18(20(24)15-22(21)29-4-2)14-23(27)25-11-9-17(10-12-25)16-5-7-19(26)8-6-16/h5-8,13,15,17,26H,3-4,9-12,14H2,1-2H3. The molecule has 1 heterocycles. The first-order valence-corrected chi connectivity index (χ1v) is 11.0. The second kappa shape index (κ2) is 10.0. The van der Waals surface area contributed by atoms with Crippen molar-refractivity contribution in [1.82, 2.24) is 4.90 Å². The van der Waals surface area contributed by atoms with Crippen LogP contribution >= 0.6 is 15.9 Å². The summed E-state index contributed by atoms with van der Waals surface area (Å²) in [7, 11) is 0. The zero-order valence-corrected chi connectivity index (χ0v) is 18.6. The maximum Gasteiger partial charge on any atom is 0.227 e. The molecule has 29 heavy (non-hydrogen) atoms. The van der Waals surface area contributed by atoms with Gasteiger partial charge in [-0.1, -0.05) is 28.1 Å². The first-order valence-electron chi connectivity index (χ1n) is 10.2. The van der Waals surface area contributed by atoms with E-state index in [-0.39, 0.29) is 11.7 Å². The first kappa shape index (κ1) is 21.5. The van der Waals surface area contributed by atoms with Gasteiger partial charge in [0.2, 0.25) is 5.91 Å². The normalized spacial score (nSPS) is 14.7. The van der Waals surface area contributed by atoms with Crippen LogP contribution in [0.5, 0.6) is 17.2 Å². The number of nitrogens with zero attached hydrogens (tertiary/aromatic N) is 1. The van der Waals surface area contributed by atoms with Crippen molar-refractivity contribution in [2.45, 2.75) is 39.0 Å². The van der Waals surface area contributed by atoms with Crippen molar-refractivity contribution in [2.75, 3.05) is 26.3 Å². The van der Waals surface area contributed by atoms with Crippen LogP contribution in [0.25, 0.3) is 0 Å². The van der Waals surface area contributed by atoms with Crippen molar-refractivity contribution in [3.63, 3.8) is 0 Å². The second-order valence-corrected chi connectivity index (χ2v) is 8.03. The lowest BCUT2D eigenvalue weighted by molar-refractivity contribution is -0.131. The average Bonchev–Trinajstić information content (AvgIpc) is 2.72. The maximum atomic E-state index is 12.9. The van der Waals surface area contributed by atoms with Gasteiger partial charge in [0, 0.05) is 17.6 Å². The molecule has 156 valence electrons. The molecule has 1 N–H and O–H groups in total. The van der Waals surface area contributed by atoms with Crippen LogP contribution in [0.15, 0.2) is 40.9 Å². The minimum atomic E-state index is 0.126. The van der Waals surface area contributed by atoms with Gasteiger partial charge < -0.3 is 19.5 Å². The lowest BCUT2D eigenvalue weighted by Crippen LogP contribution is -2.38. The van der Waals surface area contributed by atoms with Crippen LogP contribution in [0.4, 0.5) is 0 Å². The van der Waals surface area contributed by atoms with Gasteiger partial charge in [0.15, 0.2) is 11.5 Å². The predicted molar refractivity (Wildman–Crippen MR) is 117 cm³/mol. The number of rotatable bonds is 7. The van der Waals surface area contributed by atoms with Crippen LogP contribution < -0.4 is 9.47 Å². The zero-order valence-electron chi connectivity index (χ0n) is 17.0. The van der Waals surface area contributed by atoms with Gasteiger partial charge in [-0.15, -0.1) is 0 Å². The van der Waals surface area contributed by atoms with Crippen LogP contribution in [-0.4, -0.2) is 42.2 Å². The monoisotopic (exact) mass is 461 g/mol. The lowest BCUT2D eigenvalue weighted by atomic mass is 9.89. The van der Waals surface area contributed by atoms with Gasteiger partial charge in [-0.05, 0) is 68.0 Å². The molecule has 0 aromatic heterocycles. The lowest BCUT2D eigenvalue weighted by Gasteiger charge is -2.32. The second-order valence-electron chi connectivity index (χ2n) is 7.18. The third kappa shape index (κ3) is 5.44. The minimum absolute atomic E-state index is 0.126. The van der Waals surface area contributed by atoms with Crippen molar-refractivity contribution in [2.24, 2.45) is 0 Å². The van der Waals surface area contributed by atoms with Crippen LogP contribution in [0, 0.1) is 0 Å². The van der Waals surface area contributed by atoms with Gasteiger partial charge in [0.25, 0.3) is 0 Å². The van der Waals surface area contributed by atoms with Crippen LogP contribution in [0.2, 0.25) is 0 Å². The molecule has 0 bridgehead atoms. The topological polar surface area (TPSA) is 59.0 Å². The molecule has 5 nitrogen and oxygen atoms in total. The van der Waals surface area contributed by atoms with Gasteiger partial charge in [0.1, 0.15) is 5.75 Å². The molecule has 2 aromatic carbocycles. The van der Waals surface area contributed by atoms with Crippen molar-refractivity contribution in [1.29, 1.82) is 0 Å². The number of benzene rings is 2. The van der Waals surface area contributed by atoms with Gasteiger partial charge >= 0.3 is 0 Å². The SMILES string of the molecule is CCOc1cc(Br)c(CC(=O)N2CCC(c3ccc(O)cc3)CC2)cc1OCC. The molecule has 0 spiro atoms. The number of aromatic hydroxyl groups is 1.